The highest BCUT2D eigenvalue weighted by atomic mass is 32.2. The van der Waals surface area contributed by atoms with E-state index in [1.165, 1.54) is 0 Å². The van der Waals surface area contributed by atoms with Gasteiger partial charge in [0.25, 0.3) is 0 Å². The first kappa shape index (κ1) is 16.8. The van der Waals surface area contributed by atoms with Crippen molar-refractivity contribution >= 4 is 21.2 Å². The summed E-state index contributed by atoms with van der Waals surface area (Å²) in [7, 11) is 0.327. The van der Waals surface area contributed by atoms with E-state index < -0.39 is 9.84 Å². The zero-order valence-corrected chi connectivity index (χ0v) is 14.9. The van der Waals surface area contributed by atoms with Crippen LogP contribution in [0.1, 0.15) is 0 Å². The highest BCUT2D eigenvalue weighted by Gasteiger charge is 2.25. The molecule has 3 rings (SSSR count). The number of likely N-dealkylation sites (N-methyl/N-ethyl adjacent to an activating group) is 1. The summed E-state index contributed by atoms with van der Waals surface area (Å²) in [5, 5.41) is 3.11. The second kappa shape index (κ2) is 6.83. The van der Waals surface area contributed by atoms with Crippen molar-refractivity contribution in [2.75, 3.05) is 50.5 Å². The zero-order valence-electron chi connectivity index (χ0n) is 14.1. The predicted molar refractivity (Wildman–Crippen MR) is 97.6 cm³/mol. The van der Waals surface area contributed by atoms with Crippen molar-refractivity contribution in [1.29, 1.82) is 0 Å². The molecule has 0 unspecified atom stereocenters. The Hall–Kier alpha value is -2.05. The van der Waals surface area contributed by atoms with Crippen LogP contribution >= 0.6 is 0 Å². The van der Waals surface area contributed by atoms with E-state index in [4.69, 9.17) is 0 Å². The minimum Gasteiger partial charge on any atom is -0.385 e. The minimum absolute atomic E-state index is 0.317. The van der Waals surface area contributed by atoms with Crippen molar-refractivity contribution in [3.8, 4) is 0 Å². The molecular formula is C18H23N3O2S. The molecule has 5 nitrogen and oxygen atoms in total. The number of anilines is 2. The van der Waals surface area contributed by atoms with Crippen LogP contribution in [0.3, 0.4) is 0 Å². The van der Waals surface area contributed by atoms with Crippen LogP contribution in [-0.2, 0) is 9.84 Å². The van der Waals surface area contributed by atoms with Crippen molar-refractivity contribution in [2.45, 2.75) is 9.79 Å². The lowest BCUT2D eigenvalue weighted by molar-refractivity contribution is 0.313. The summed E-state index contributed by atoms with van der Waals surface area (Å²) < 4.78 is 26.1. The van der Waals surface area contributed by atoms with E-state index in [9.17, 15) is 8.42 Å². The van der Waals surface area contributed by atoms with E-state index in [1.807, 2.05) is 18.2 Å². The predicted octanol–water partition coefficient (Wildman–Crippen LogP) is 2.31. The van der Waals surface area contributed by atoms with Crippen LogP contribution in [0.2, 0.25) is 0 Å². The Labute approximate surface area is 143 Å². The molecule has 2 aromatic rings. The summed E-state index contributed by atoms with van der Waals surface area (Å²) in [6.07, 6.45) is 0. The Morgan fingerprint density at radius 1 is 0.917 bits per heavy atom. The molecule has 24 heavy (non-hydrogen) atoms. The lowest BCUT2D eigenvalue weighted by Gasteiger charge is -2.35. The van der Waals surface area contributed by atoms with Gasteiger partial charge in [0.15, 0.2) is 0 Å². The van der Waals surface area contributed by atoms with Crippen molar-refractivity contribution in [3.63, 3.8) is 0 Å². The third kappa shape index (κ3) is 3.12. The van der Waals surface area contributed by atoms with Gasteiger partial charge in [-0.15, -0.1) is 0 Å². The van der Waals surface area contributed by atoms with Gasteiger partial charge in [-0.2, -0.15) is 0 Å². The lowest BCUT2D eigenvalue weighted by atomic mass is 10.2. The molecule has 0 amide bonds. The van der Waals surface area contributed by atoms with Crippen LogP contribution in [0.5, 0.6) is 0 Å². The Morgan fingerprint density at radius 3 is 2.21 bits per heavy atom. The highest BCUT2D eigenvalue weighted by Crippen LogP contribution is 2.35. The third-order valence-corrected chi connectivity index (χ3v) is 6.25. The molecule has 1 fully saturated rings. The summed E-state index contributed by atoms with van der Waals surface area (Å²) in [5.41, 5.74) is 1.62. The summed E-state index contributed by atoms with van der Waals surface area (Å²) in [6.45, 7) is 3.72. The molecule has 128 valence electrons. The van der Waals surface area contributed by atoms with Gasteiger partial charge in [0, 0.05) is 33.2 Å². The summed E-state index contributed by atoms with van der Waals surface area (Å²) >= 11 is 0. The molecule has 0 saturated carbocycles. The SMILES string of the molecule is CNc1c(N2CCN(C)CC2)cccc1S(=O)(=O)c1ccccc1. The number of piperazine rings is 1. The fraction of sp³-hybridized carbons (Fsp3) is 0.333. The fourth-order valence-corrected chi connectivity index (χ4v) is 4.53. The molecule has 1 aliphatic rings. The Balaban J connectivity index is 2.05. The highest BCUT2D eigenvalue weighted by molar-refractivity contribution is 7.91. The number of rotatable bonds is 4. The van der Waals surface area contributed by atoms with E-state index in [2.05, 4.69) is 22.2 Å². The molecule has 1 saturated heterocycles. The number of sulfone groups is 1. The Kier molecular flexibility index (Phi) is 4.78. The molecule has 0 bridgehead atoms. The molecule has 2 aromatic carbocycles. The molecule has 0 aromatic heterocycles. The first-order valence-electron chi connectivity index (χ1n) is 8.08. The Morgan fingerprint density at radius 2 is 1.58 bits per heavy atom. The normalized spacial score (nSPS) is 16.2. The molecule has 6 heteroatoms. The van der Waals surface area contributed by atoms with Crippen molar-refractivity contribution in [1.82, 2.24) is 4.90 Å². The van der Waals surface area contributed by atoms with E-state index in [1.54, 1.807) is 37.4 Å². The topological polar surface area (TPSA) is 52.6 Å². The van der Waals surface area contributed by atoms with Gasteiger partial charge in [0.1, 0.15) is 0 Å². The van der Waals surface area contributed by atoms with E-state index in [0.29, 0.717) is 15.5 Å². The number of hydrogen-bond donors (Lipinski definition) is 1. The molecular weight excluding hydrogens is 322 g/mol. The zero-order chi connectivity index (χ0) is 17.2. The first-order valence-corrected chi connectivity index (χ1v) is 9.57. The number of para-hydroxylation sites is 1. The Bertz CT molecular complexity index is 798. The van der Waals surface area contributed by atoms with Crippen molar-refractivity contribution in [2.24, 2.45) is 0 Å². The molecule has 0 atom stereocenters. The van der Waals surface area contributed by atoms with Crippen LogP contribution in [0.4, 0.5) is 11.4 Å². The van der Waals surface area contributed by atoms with Gasteiger partial charge in [-0.3, -0.25) is 0 Å². The molecule has 0 aliphatic carbocycles. The molecule has 1 N–H and O–H groups in total. The van der Waals surface area contributed by atoms with Crippen molar-refractivity contribution in [3.05, 3.63) is 48.5 Å². The second-order valence-corrected chi connectivity index (χ2v) is 7.93. The fourth-order valence-electron chi connectivity index (χ4n) is 3.03. The summed E-state index contributed by atoms with van der Waals surface area (Å²) in [5.74, 6) is 0. The third-order valence-electron chi connectivity index (χ3n) is 4.44. The van der Waals surface area contributed by atoms with Gasteiger partial charge >= 0.3 is 0 Å². The van der Waals surface area contributed by atoms with Crippen LogP contribution in [0.25, 0.3) is 0 Å². The van der Waals surface area contributed by atoms with E-state index in [-0.39, 0.29) is 0 Å². The number of benzene rings is 2. The first-order chi connectivity index (χ1) is 11.5. The van der Waals surface area contributed by atoms with Crippen LogP contribution in [-0.4, -0.2) is 53.6 Å². The average Bonchev–Trinajstić information content (AvgIpc) is 2.62. The maximum atomic E-state index is 13.0. The quantitative estimate of drug-likeness (QED) is 0.922. The average molecular weight is 345 g/mol. The molecule has 0 radical (unpaired) electrons. The maximum Gasteiger partial charge on any atom is 0.208 e. The molecule has 1 aliphatic heterocycles. The number of nitrogens with one attached hydrogen (secondary N) is 1. The smallest absolute Gasteiger partial charge is 0.208 e. The summed E-state index contributed by atoms with van der Waals surface area (Å²) in [6, 6.07) is 14.1. The van der Waals surface area contributed by atoms with Gasteiger partial charge in [-0.1, -0.05) is 24.3 Å². The lowest BCUT2D eigenvalue weighted by Crippen LogP contribution is -2.44. The van der Waals surface area contributed by atoms with Crippen LogP contribution in [0.15, 0.2) is 58.3 Å². The largest absolute Gasteiger partial charge is 0.385 e. The number of nitrogens with zero attached hydrogens (tertiary/aromatic N) is 2. The van der Waals surface area contributed by atoms with Gasteiger partial charge in [0.2, 0.25) is 9.84 Å². The number of hydrogen-bond acceptors (Lipinski definition) is 5. The van der Waals surface area contributed by atoms with Crippen LogP contribution < -0.4 is 10.2 Å². The standard InChI is InChI=1S/C18H23N3O2S/c1-19-18-16(21-13-11-20(2)12-14-21)9-6-10-17(18)24(22,23)15-7-4-3-5-8-15/h3-10,19H,11-14H2,1-2H3. The van der Waals surface area contributed by atoms with Crippen molar-refractivity contribution < 1.29 is 8.42 Å². The summed E-state index contributed by atoms with van der Waals surface area (Å²) in [4.78, 5) is 5.17. The van der Waals surface area contributed by atoms with Gasteiger partial charge in [-0.05, 0) is 31.3 Å². The van der Waals surface area contributed by atoms with E-state index in [0.717, 1.165) is 31.9 Å². The van der Waals surface area contributed by atoms with Gasteiger partial charge in [0.05, 0.1) is 21.2 Å². The van der Waals surface area contributed by atoms with Gasteiger partial charge < -0.3 is 15.1 Å². The second-order valence-electron chi connectivity index (χ2n) is 6.01. The minimum atomic E-state index is -3.55. The van der Waals surface area contributed by atoms with Gasteiger partial charge in [-0.25, -0.2) is 8.42 Å². The monoisotopic (exact) mass is 345 g/mol. The molecule has 0 spiro atoms. The van der Waals surface area contributed by atoms with Crippen LogP contribution in [0, 0.1) is 0 Å². The molecule has 1 heterocycles. The van der Waals surface area contributed by atoms with E-state index >= 15 is 0 Å². The maximum absolute atomic E-state index is 13.0.